The maximum Gasteiger partial charge on any atom is 0.150 e. The first kappa shape index (κ1) is 19.5. The van der Waals surface area contributed by atoms with Crippen LogP contribution in [0.1, 0.15) is 15.9 Å². The van der Waals surface area contributed by atoms with Crippen LogP contribution < -0.4 is 4.74 Å². The van der Waals surface area contributed by atoms with Crippen LogP contribution in [-0.2, 0) is 11.5 Å². The van der Waals surface area contributed by atoms with Crippen molar-refractivity contribution in [3.63, 3.8) is 0 Å². The van der Waals surface area contributed by atoms with E-state index in [1.165, 1.54) is 0 Å². The molecule has 3 rings (SSSR count). The third kappa shape index (κ3) is 4.90. The monoisotopic (exact) mass is 386 g/mol. The number of nitrogens with zero attached hydrogens (tertiary/aromatic N) is 2. The largest absolute Gasteiger partial charge is 0.457 e. The number of benzene rings is 1. The molecule has 0 atom stereocenters. The van der Waals surface area contributed by atoms with E-state index in [0.29, 0.717) is 18.0 Å². The van der Waals surface area contributed by atoms with Crippen molar-refractivity contribution in [3.05, 3.63) is 53.9 Å². The summed E-state index contributed by atoms with van der Waals surface area (Å²) in [6, 6.07) is 8.92. The van der Waals surface area contributed by atoms with Crippen LogP contribution in [0.15, 0.2) is 42.7 Å². The summed E-state index contributed by atoms with van der Waals surface area (Å²) in [5.74, 6) is 2.52. The van der Waals surface area contributed by atoms with Crippen LogP contribution in [0, 0.1) is 6.92 Å². The van der Waals surface area contributed by atoms with E-state index in [1.54, 1.807) is 30.5 Å². The lowest BCUT2D eigenvalue weighted by molar-refractivity contribution is 0.0923. The topological polar surface area (TPSA) is 53.4 Å². The van der Waals surface area contributed by atoms with E-state index in [4.69, 9.17) is 9.47 Å². The van der Waals surface area contributed by atoms with E-state index >= 15 is 0 Å². The van der Waals surface area contributed by atoms with E-state index < -0.39 is 10.0 Å². The van der Waals surface area contributed by atoms with Crippen molar-refractivity contribution in [2.45, 2.75) is 13.7 Å². The number of rotatable bonds is 8. The van der Waals surface area contributed by atoms with Gasteiger partial charge >= 0.3 is 0 Å². The molecule has 6 heteroatoms. The predicted octanol–water partition coefficient (Wildman–Crippen LogP) is 4.62. The van der Waals surface area contributed by atoms with Gasteiger partial charge in [-0.3, -0.25) is 4.79 Å². The Morgan fingerprint density at radius 2 is 1.89 bits per heavy atom. The minimum absolute atomic E-state index is 0.477. The number of ether oxygens (including phenoxy) is 2. The van der Waals surface area contributed by atoms with Crippen molar-refractivity contribution in [1.29, 1.82) is 0 Å². The standard InChI is InChI=1S/C21H26N2O3S/c1-16-13-23(15-25-11-12-27(2,3)4)21-20(16)19(9-10-22-21)26-18-7-5-17(14-24)6-8-18/h5-10,13-14H,11-12,15H2,1-4H3. The van der Waals surface area contributed by atoms with Crippen molar-refractivity contribution < 1.29 is 14.3 Å². The summed E-state index contributed by atoms with van der Waals surface area (Å²) in [5.41, 5.74) is 2.55. The number of fused-ring (bicyclic) bond motifs is 1. The van der Waals surface area contributed by atoms with Crippen LogP contribution in [0.3, 0.4) is 0 Å². The molecule has 0 saturated carbocycles. The third-order valence-electron chi connectivity index (χ3n) is 4.22. The lowest BCUT2D eigenvalue weighted by atomic mass is 10.2. The second kappa shape index (κ2) is 8.15. The van der Waals surface area contributed by atoms with Gasteiger partial charge in [0.2, 0.25) is 0 Å². The molecule has 0 aliphatic carbocycles. The smallest absolute Gasteiger partial charge is 0.150 e. The highest BCUT2D eigenvalue weighted by molar-refractivity contribution is 8.32. The summed E-state index contributed by atoms with van der Waals surface area (Å²) in [7, 11) is -0.554. The average Bonchev–Trinajstić information content (AvgIpc) is 2.96. The molecule has 144 valence electrons. The zero-order chi connectivity index (χ0) is 19.4. The fourth-order valence-electron chi connectivity index (χ4n) is 2.78. The van der Waals surface area contributed by atoms with Crippen LogP contribution in [0.5, 0.6) is 11.5 Å². The van der Waals surface area contributed by atoms with Gasteiger partial charge < -0.3 is 14.0 Å². The van der Waals surface area contributed by atoms with Gasteiger partial charge in [-0.05, 0) is 61.6 Å². The number of hydrogen-bond donors (Lipinski definition) is 0. The number of carbonyl (C=O) groups excluding carboxylic acids is 1. The minimum Gasteiger partial charge on any atom is -0.457 e. The molecule has 5 nitrogen and oxygen atoms in total. The molecule has 27 heavy (non-hydrogen) atoms. The Labute approximate surface area is 161 Å². The van der Waals surface area contributed by atoms with Crippen molar-refractivity contribution in [1.82, 2.24) is 9.55 Å². The Kier molecular flexibility index (Phi) is 5.87. The molecular formula is C21H26N2O3S. The van der Waals surface area contributed by atoms with Gasteiger partial charge in [0.1, 0.15) is 30.2 Å². The van der Waals surface area contributed by atoms with Gasteiger partial charge in [-0.2, -0.15) is 0 Å². The van der Waals surface area contributed by atoms with Crippen LogP contribution in [0.25, 0.3) is 11.0 Å². The van der Waals surface area contributed by atoms with Gasteiger partial charge in [0.25, 0.3) is 0 Å². The van der Waals surface area contributed by atoms with E-state index in [1.807, 2.05) is 23.8 Å². The number of pyridine rings is 1. The Bertz CT molecular complexity index is 927. The average molecular weight is 387 g/mol. The van der Waals surface area contributed by atoms with Gasteiger partial charge in [0.05, 0.1) is 12.0 Å². The van der Waals surface area contributed by atoms with Crippen LogP contribution in [0.4, 0.5) is 0 Å². The first-order valence-corrected chi connectivity index (χ1v) is 11.8. The second-order valence-corrected chi connectivity index (χ2v) is 12.0. The van der Waals surface area contributed by atoms with Gasteiger partial charge in [-0.1, -0.05) is 0 Å². The van der Waals surface area contributed by atoms with Crippen molar-refractivity contribution in [2.75, 3.05) is 31.1 Å². The predicted molar refractivity (Wildman–Crippen MR) is 113 cm³/mol. The Morgan fingerprint density at radius 1 is 1.15 bits per heavy atom. The van der Waals surface area contributed by atoms with E-state index in [-0.39, 0.29) is 0 Å². The number of aryl methyl sites for hydroxylation is 1. The lowest BCUT2D eigenvalue weighted by Gasteiger charge is -2.24. The molecule has 0 N–H and O–H groups in total. The quantitative estimate of drug-likeness (QED) is 0.419. The van der Waals surface area contributed by atoms with Gasteiger partial charge in [-0.15, -0.1) is 0 Å². The first-order valence-electron chi connectivity index (χ1n) is 8.79. The molecule has 3 aromatic rings. The summed E-state index contributed by atoms with van der Waals surface area (Å²) in [4.78, 5) is 15.3. The molecule has 0 fully saturated rings. The Morgan fingerprint density at radius 3 is 2.56 bits per heavy atom. The molecule has 2 heterocycles. The highest BCUT2D eigenvalue weighted by Crippen LogP contribution is 2.34. The van der Waals surface area contributed by atoms with Crippen LogP contribution >= 0.6 is 10.0 Å². The lowest BCUT2D eigenvalue weighted by Crippen LogP contribution is -2.09. The zero-order valence-electron chi connectivity index (χ0n) is 16.3. The van der Waals surface area contributed by atoms with Crippen LogP contribution in [-0.4, -0.2) is 47.0 Å². The van der Waals surface area contributed by atoms with E-state index in [2.05, 4.69) is 23.8 Å². The van der Waals surface area contributed by atoms with Gasteiger partial charge in [0.15, 0.2) is 0 Å². The number of hydrogen-bond acceptors (Lipinski definition) is 4. The zero-order valence-corrected chi connectivity index (χ0v) is 17.1. The maximum atomic E-state index is 10.8. The fourth-order valence-corrected chi connectivity index (χ4v) is 3.40. The summed E-state index contributed by atoms with van der Waals surface area (Å²) in [6.45, 7) is 3.27. The molecule has 2 aromatic heterocycles. The molecule has 1 aromatic carbocycles. The number of carbonyl (C=O) groups is 1. The molecule has 0 radical (unpaired) electrons. The summed E-state index contributed by atoms with van der Waals surface area (Å²) in [5, 5.41) is 0.974. The van der Waals surface area contributed by atoms with Gasteiger partial charge in [-0.25, -0.2) is 15.0 Å². The SMILES string of the molecule is Cc1cn(COCCS(C)(C)C)c2nccc(Oc3ccc(C=O)cc3)c12. The molecule has 0 bridgehead atoms. The Balaban J connectivity index is 1.79. The maximum absolute atomic E-state index is 10.8. The highest BCUT2D eigenvalue weighted by atomic mass is 32.3. The molecular weight excluding hydrogens is 360 g/mol. The fraction of sp³-hybridized carbons (Fsp3) is 0.333. The summed E-state index contributed by atoms with van der Waals surface area (Å²) >= 11 is 0. The highest BCUT2D eigenvalue weighted by Gasteiger charge is 2.13. The van der Waals surface area contributed by atoms with Gasteiger partial charge in [0, 0.05) is 23.7 Å². The van der Waals surface area contributed by atoms with E-state index in [0.717, 1.165) is 41.0 Å². The molecule has 0 aliphatic heterocycles. The van der Waals surface area contributed by atoms with Crippen molar-refractivity contribution in [3.8, 4) is 11.5 Å². The van der Waals surface area contributed by atoms with Crippen LogP contribution in [0.2, 0.25) is 0 Å². The molecule has 0 unspecified atom stereocenters. The molecule has 0 spiro atoms. The summed E-state index contributed by atoms with van der Waals surface area (Å²) < 4.78 is 13.9. The normalized spacial score (nSPS) is 12.3. The molecule has 0 amide bonds. The third-order valence-corrected chi connectivity index (χ3v) is 5.61. The number of aromatic nitrogens is 2. The van der Waals surface area contributed by atoms with E-state index in [9.17, 15) is 4.79 Å². The number of aldehydes is 1. The van der Waals surface area contributed by atoms with Crippen molar-refractivity contribution in [2.24, 2.45) is 0 Å². The summed E-state index contributed by atoms with van der Waals surface area (Å²) in [6.07, 6.45) is 11.5. The first-order chi connectivity index (χ1) is 12.9. The minimum atomic E-state index is -0.554. The molecule has 0 aliphatic rings. The molecule has 0 saturated heterocycles. The van der Waals surface area contributed by atoms with Crippen molar-refractivity contribution >= 4 is 27.3 Å². The Hall–Kier alpha value is -2.31. The second-order valence-electron chi connectivity index (χ2n) is 7.41.